The van der Waals surface area contributed by atoms with Crippen molar-refractivity contribution in [1.29, 1.82) is 0 Å². The van der Waals surface area contributed by atoms with Crippen LogP contribution in [0.1, 0.15) is 57.2 Å². The standard InChI is InChI=1S/C18H30N2/c1-6-17-12-9-14(3)20(17)15(4)18(19-5)16-10-7-13(2)8-11-16/h7-8,10-11,14-15,17-19H,6,9,12H2,1-5H3. The van der Waals surface area contributed by atoms with E-state index in [4.69, 9.17) is 0 Å². The molecular weight excluding hydrogens is 244 g/mol. The largest absolute Gasteiger partial charge is 0.312 e. The fourth-order valence-corrected chi connectivity index (χ4v) is 3.87. The molecule has 1 aliphatic rings. The number of aryl methyl sites for hydroxylation is 1. The van der Waals surface area contributed by atoms with E-state index >= 15 is 0 Å². The number of rotatable bonds is 5. The highest BCUT2D eigenvalue weighted by Gasteiger charge is 2.36. The first-order valence-electron chi connectivity index (χ1n) is 8.09. The minimum Gasteiger partial charge on any atom is -0.312 e. The van der Waals surface area contributed by atoms with Crippen molar-refractivity contribution in [3.8, 4) is 0 Å². The zero-order valence-corrected chi connectivity index (χ0v) is 13.7. The van der Waals surface area contributed by atoms with E-state index in [-0.39, 0.29) is 0 Å². The van der Waals surface area contributed by atoms with Crippen LogP contribution in [-0.2, 0) is 0 Å². The van der Waals surface area contributed by atoms with Gasteiger partial charge >= 0.3 is 0 Å². The minimum absolute atomic E-state index is 0.408. The monoisotopic (exact) mass is 274 g/mol. The van der Waals surface area contributed by atoms with Gasteiger partial charge in [-0.25, -0.2) is 0 Å². The minimum atomic E-state index is 0.408. The van der Waals surface area contributed by atoms with E-state index in [1.165, 1.54) is 30.4 Å². The van der Waals surface area contributed by atoms with E-state index in [0.717, 1.165) is 6.04 Å². The van der Waals surface area contributed by atoms with E-state index in [9.17, 15) is 0 Å². The summed E-state index contributed by atoms with van der Waals surface area (Å²) in [4.78, 5) is 2.74. The lowest BCUT2D eigenvalue weighted by Crippen LogP contribution is -2.47. The van der Waals surface area contributed by atoms with Gasteiger partial charge in [0, 0.05) is 24.2 Å². The summed E-state index contributed by atoms with van der Waals surface area (Å²) >= 11 is 0. The quantitative estimate of drug-likeness (QED) is 0.876. The van der Waals surface area contributed by atoms with Gasteiger partial charge in [0.05, 0.1) is 0 Å². The molecule has 0 spiro atoms. The van der Waals surface area contributed by atoms with E-state index in [1.54, 1.807) is 0 Å². The van der Waals surface area contributed by atoms with Crippen molar-refractivity contribution in [1.82, 2.24) is 10.2 Å². The number of hydrogen-bond donors (Lipinski definition) is 1. The molecule has 2 heteroatoms. The number of nitrogens with one attached hydrogen (secondary N) is 1. The van der Waals surface area contributed by atoms with Crippen LogP contribution >= 0.6 is 0 Å². The molecule has 1 aliphatic heterocycles. The van der Waals surface area contributed by atoms with Gasteiger partial charge in [0.15, 0.2) is 0 Å². The third kappa shape index (κ3) is 3.07. The first-order chi connectivity index (χ1) is 9.58. The Morgan fingerprint density at radius 2 is 1.90 bits per heavy atom. The highest BCUT2D eigenvalue weighted by molar-refractivity contribution is 5.25. The molecule has 0 bridgehead atoms. The molecule has 2 rings (SSSR count). The van der Waals surface area contributed by atoms with Crippen LogP contribution in [0.4, 0.5) is 0 Å². The Morgan fingerprint density at radius 3 is 2.45 bits per heavy atom. The Morgan fingerprint density at radius 1 is 1.25 bits per heavy atom. The third-order valence-corrected chi connectivity index (χ3v) is 5.02. The molecule has 1 aromatic rings. The van der Waals surface area contributed by atoms with Crippen LogP contribution in [-0.4, -0.2) is 30.1 Å². The molecule has 4 unspecified atom stereocenters. The van der Waals surface area contributed by atoms with Gasteiger partial charge in [-0.05, 0) is 52.6 Å². The molecule has 0 aliphatic carbocycles. The summed E-state index contributed by atoms with van der Waals surface area (Å²) in [6.45, 7) is 9.24. The zero-order valence-electron chi connectivity index (χ0n) is 13.7. The molecule has 1 N–H and O–H groups in total. The van der Waals surface area contributed by atoms with Gasteiger partial charge in [-0.3, -0.25) is 4.90 Å². The molecule has 1 heterocycles. The molecule has 112 valence electrons. The molecule has 1 saturated heterocycles. The van der Waals surface area contributed by atoms with Crippen LogP contribution in [0, 0.1) is 6.92 Å². The van der Waals surface area contributed by atoms with E-state index in [2.05, 4.69) is 69.2 Å². The maximum atomic E-state index is 3.54. The van der Waals surface area contributed by atoms with Crippen molar-refractivity contribution >= 4 is 0 Å². The number of likely N-dealkylation sites (tertiary alicyclic amines) is 1. The lowest BCUT2D eigenvalue weighted by Gasteiger charge is -2.38. The summed E-state index contributed by atoms with van der Waals surface area (Å²) < 4.78 is 0. The summed E-state index contributed by atoms with van der Waals surface area (Å²) in [7, 11) is 2.09. The molecule has 1 fully saturated rings. The summed E-state index contributed by atoms with van der Waals surface area (Å²) in [6.07, 6.45) is 3.96. The van der Waals surface area contributed by atoms with Crippen LogP contribution in [0.5, 0.6) is 0 Å². The molecule has 0 radical (unpaired) electrons. The highest BCUT2D eigenvalue weighted by Crippen LogP contribution is 2.33. The second-order valence-electron chi connectivity index (χ2n) is 6.35. The fraction of sp³-hybridized carbons (Fsp3) is 0.667. The molecule has 2 nitrogen and oxygen atoms in total. The Bertz CT molecular complexity index is 412. The smallest absolute Gasteiger partial charge is 0.0473 e. The molecular formula is C18H30N2. The van der Waals surface area contributed by atoms with Crippen LogP contribution in [0.15, 0.2) is 24.3 Å². The molecule has 0 aromatic heterocycles. The van der Waals surface area contributed by atoms with Gasteiger partial charge in [0.25, 0.3) is 0 Å². The maximum absolute atomic E-state index is 3.54. The Kier molecular flexibility index (Phi) is 5.22. The van der Waals surface area contributed by atoms with Crippen molar-refractivity contribution in [3.63, 3.8) is 0 Å². The van der Waals surface area contributed by atoms with E-state index in [0.29, 0.717) is 18.1 Å². The van der Waals surface area contributed by atoms with E-state index in [1.807, 2.05) is 0 Å². The molecule has 1 aromatic carbocycles. The molecule has 0 amide bonds. The number of nitrogens with zero attached hydrogens (tertiary/aromatic N) is 1. The predicted octanol–water partition coefficient (Wildman–Crippen LogP) is 3.91. The Hall–Kier alpha value is -0.860. The second-order valence-corrected chi connectivity index (χ2v) is 6.35. The number of benzene rings is 1. The summed E-state index contributed by atoms with van der Waals surface area (Å²) in [6, 6.07) is 11.4. The van der Waals surface area contributed by atoms with Crippen LogP contribution in [0.2, 0.25) is 0 Å². The van der Waals surface area contributed by atoms with Crippen molar-refractivity contribution < 1.29 is 0 Å². The van der Waals surface area contributed by atoms with Crippen LogP contribution in [0.3, 0.4) is 0 Å². The number of hydrogen-bond acceptors (Lipinski definition) is 2. The lowest BCUT2D eigenvalue weighted by atomic mass is 9.97. The van der Waals surface area contributed by atoms with Crippen LogP contribution < -0.4 is 5.32 Å². The number of likely N-dealkylation sites (N-methyl/N-ethyl adjacent to an activating group) is 1. The average Bonchev–Trinajstić information content (AvgIpc) is 2.82. The van der Waals surface area contributed by atoms with Gasteiger partial charge < -0.3 is 5.32 Å². The Balaban J connectivity index is 2.20. The molecule has 20 heavy (non-hydrogen) atoms. The molecule has 0 saturated carbocycles. The summed E-state index contributed by atoms with van der Waals surface area (Å²) in [5.74, 6) is 0. The van der Waals surface area contributed by atoms with Crippen LogP contribution in [0.25, 0.3) is 0 Å². The highest BCUT2D eigenvalue weighted by atomic mass is 15.2. The SMILES string of the molecule is CCC1CCC(C)N1C(C)C(NC)c1ccc(C)cc1. The zero-order chi connectivity index (χ0) is 14.7. The van der Waals surface area contributed by atoms with Crippen molar-refractivity contribution in [2.24, 2.45) is 0 Å². The third-order valence-electron chi connectivity index (χ3n) is 5.02. The Labute approximate surface area is 124 Å². The fourth-order valence-electron chi connectivity index (χ4n) is 3.87. The van der Waals surface area contributed by atoms with Gasteiger partial charge in [0.1, 0.15) is 0 Å². The maximum Gasteiger partial charge on any atom is 0.0473 e. The van der Waals surface area contributed by atoms with E-state index < -0.39 is 0 Å². The summed E-state index contributed by atoms with van der Waals surface area (Å²) in [5, 5.41) is 3.54. The van der Waals surface area contributed by atoms with Crippen molar-refractivity contribution in [2.75, 3.05) is 7.05 Å². The van der Waals surface area contributed by atoms with Gasteiger partial charge in [-0.15, -0.1) is 0 Å². The first-order valence-corrected chi connectivity index (χ1v) is 8.09. The van der Waals surface area contributed by atoms with Gasteiger partial charge in [0.2, 0.25) is 0 Å². The second kappa shape index (κ2) is 6.73. The summed E-state index contributed by atoms with van der Waals surface area (Å²) in [5.41, 5.74) is 2.73. The normalized spacial score (nSPS) is 26.6. The molecule has 4 atom stereocenters. The van der Waals surface area contributed by atoms with Crippen molar-refractivity contribution in [3.05, 3.63) is 35.4 Å². The topological polar surface area (TPSA) is 15.3 Å². The van der Waals surface area contributed by atoms with Gasteiger partial charge in [-0.1, -0.05) is 36.8 Å². The van der Waals surface area contributed by atoms with Gasteiger partial charge in [-0.2, -0.15) is 0 Å². The predicted molar refractivity (Wildman–Crippen MR) is 87.1 cm³/mol. The average molecular weight is 274 g/mol. The lowest BCUT2D eigenvalue weighted by molar-refractivity contribution is 0.116. The first kappa shape index (κ1) is 15.5. The van der Waals surface area contributed by atoms with Crippen molar-refractivity contribution in [2.45, 2.75) is 71.1 Å².